The predicted molar refractivity (Wildman–Crippen MR) is 95.9 cm³/mol. The third-order valence-electron chi connectivity index (χ3n) is 4.78. The first kappa shape index (κ1) is 16.1. The van der Waals surface area contributed by atoms with Gasteiger partial charge in [0.2, 0.25) is 0 Å². The summed E-state index contributed by atoms with van der Waals surface area (Å²) in [5, 5.41) is 0. The fraction of sp³-hybridized carbons (Fsp3) is 0.368. The van der Waals surface area contributed by atoms with Gasteiger partial charge in [0, 0.05) is 26.0 Å². The van der Waals surface area contributed by atoms with Gasteiger partial charge in [-0.25, -0.2) is 9.97 Å². The van der Waals surface area contributed by atoms with Crippen LogP contribution < -0.4 is 0 Å². The lowest BCUT2D eigenvalue weighted by Crippen LogP contribution is -2.40. The van der Waals surface area contributed by atoms with E-state index < -0.39 is 0 Å². The van der Waals surface area contributed by atoms with E-state index in [1.165, 1.54) is 5.56 Å². The number of morpholine rings is 1. The lowest BCUT2D eigenvalue weighted by molar-refractivity contribution is -0.0170. The number of benzene rings is 1. The van der Waals surface area contributed by atoms with Crippen LogP contribution in [0.3, 0.4) is 0 Å². The Hall–Kier alpha value is -2.44. The molecular weight excluding hydrogens is 314 g/mol. The molecule has 1 aliphatic rings. The maximum absolute atomic E-state index is 5.72. The number of H-pyrrole nitrogens is 1. The minimum atomic E-state index is 0.115. The van der Waals surface area contributed by atoms with Crippen LogP contribution in [0.25, 0.3) is 11.3 Å². The molecule has 0 aliphatic carbocycles. The van der Waals surface area contributed by atoms with Crippen molar-refractivity contribution in [3.63, 3.8) is 0 Å². The molecule has 1 saturated heterocycles. The smallest absolute Gasteiger partial charge is 0.126 e. The van der Waals surface area contributed by atoms with Gasteiger partial charge in [-0.1, -0.05) is 29.8 Å². The zero-order valence-corrected chi connectivity index (χ0v) is 14.6. The van der Waals surface area contributed by atoms with Crippen molar-refractivity contribution in [2.24, 2.45) is 7.05 Å². The Bertz CT molecular complexity index is 836. The van der Waals surface area contributed by atoms with Gasteiger partial charge in [-0.2, -0.15) is 0 Å². The van der Waals surface area contributed by atoms with Gasteiger partial charge in [0.1, 0.15) is 11.6 Å². The van der Waals surface area contributed by atoms with Crippen LogP contribution in [-0.4, -0.2) is 44.2 Å². The summed E-state index contributed by atoms with van der Waals surface area (Å²) in [5.41, 5.74) is 3.44. The molecule has 1 aromatic carbocycles. The Labute approximate surface area is 147 Å². The number of ether oxygens (including phenoxy) is 1. The predicted octanol–water partition coefficient (Wildman–Crippen LogP) is 2.69. The van der Waals surface area contributed by atoms with Crippen LogP contribution in [-0.2, 0) is 18.3 Å². The van der Waals surface area contributed by atoms with Crippen molar-refractivity contribution in [1.82, 2.24) is 24.4 Å². The first-order valence-corrected chi connectivity index (χ1v) is 8.60. The van der Waals surface area contributed by atoms with Gasteiger partial charge < -0.3 is 14.3 Å². The Morgan fingerprint density at radius 3 is 2.84 bits per heavy atom. The third-order valence-corrected chi connectivity index (χ3v) is 4.78. The second-order valence-corrected chi connectivity index (χ2v) is 6.56. The number of nitrogens with one attached hydrogen (secondary N) is 1. The van der Waals surface area contributed by atoms with Crippen molar-refractivity contribution >= 4 is 0 Å². The number of nitrogens with zero attached hydrogens (tertiary/aromatic N) is 4. The first-order valence-electron chi connectivity index (χ1n) is 8.60. The van der Waals surface area contributed by atoms with Crippen LogP contribution in [0.5, 0.6) is 0 Å². The lowest BCUT2D eigenvalue weighted by Gasteiger charge is -2.34. The Balaban J connectivity index is 1.56. The minimum absolute atomic E-state index is 0.115. The summed E-state index contributed by atoms with van der Waals surface area (Å²) in [7, 11) is 2.03. The zero-order valence-electron chi connectivity index (χ0n) is 14.6. The van der Waals surface area contributed by atoms with Crippen LogP contribution in [0, 0.1) is 6.92 Å². The van der Waals surface area contributed by atoms with E-state index >= 15 is 0 Å². The molecule has 130 valence electrons. The van der Waals surface area contributed by atoms with E-state index in [2.05, 4.69) is 55.6 Å². The molecule has 1 unspecified atom stereocenters. The molecule has 1 fully saturated rings. The summed E-state index contributed by atoms with van der Waals surface area (Å²) in [6.07, 6.45) is 5.73. The number of aromatic nitrogens is 4. The summed E-state index contributed by atoms with van der Waals surface area (Å²) in [6, 6.07) is 8.59. The van der Waals surface area contributed by atoms with Crippen LogP contribution in [0.1, 0.15) is 23.3 Å². The summed E-state index contributed by atoms with van der Waals surface area (Å²) in [5.74, 6) is 2.00. The molecule has 2 aromatic heterocycles. The van der Waals surface area contributed by atoms with Crippen molar-refractivity contribution in [1.29, 1.82) is 0 Å². The minimum Gasteiger partial charge on any atom is -0.378 e. The second-order valence-electron chi connectivity index (χ2n) is 6.56. The van der Waals surface area contributed by atoms with E-state index in [1.54, 1.807) is 0 Å². The molecular formula is C19H23N5O. The van der Waals surface area contributed by atoms with Crippen molar-refractivity contribution in [3.8, 4) is 11.3 Å². The van der Waals surface area contributed by atoms with E-state index in [4.69, 9.17) is 4.74 Å². The monoisotopic (exact) mass is 337 g/mol. The molecule has 3 heterocycles. The molecule has 0 saturated carbocycles. The SMILES string of the molecule is Cc1ccc(-c2cnc(C3COCCN3Cc3nccn3C)[nH]2)cc1. The number of imidazole rings is 2. The highest BCUT2D eigenvalue weighted by molar-refractivity contribution is 5.58. The standard InChI is InChI=1S/C19H23N5O/c1-14-3-5-15(6-4-14)16-11-21-19(22-16)17-13-25-10-9-24(17)12-18-20-7-8-23(18)2/h3-8,11,17H,9-10,12-13H2,1-2H3,(H,21,22). The fourth-order valence-electron chi connectivity index (χ4n) is 3.20. The maximum atomic E-state index is 5.72. The van der Waals surface area contributed by atoms with Gasteiger partial charge in [0.25, 0.3) is 0 Å². The van der Waals surface area contributed by atoms with Crippen molar-refractivity contribution in [2.45, 2.75) is 19.5 Å². The van der Waals surface area contributed by atoms with Crippen LogP contribution >= 0.6 is 0 Å². The lowest BCUT2D eigenvalue weighted by atomic mass is 10.1. The Morgan fingerprint density at radius 1 is 1.24 bits per heavy atom. The molecule has 25 heavy (non-hydrogen) atoms. The highest BCUT2D eigenvalue weighted by Crippen LogP contribution is 2.26. The molecule has 6 nitrogen and oxygen atoms in total. The summed E-state index contributed by atoms with van der Waals surface area (Å²) < 4.78 is 7.78. The Morgan fingerprint density at radius 2 is 2.08 bits per heavy atom. The highest BCUT2D eigenvalue weighted by atomic mass is 16.5. The molecule has 0 radical (unpaired) electrons. The topological polar surface area (TPSA) is 59.0 Å². The van der Waals surface area contributed by atoms with Gasteiger partial charge >= 0.3 is 0 Å². The molecule has 0 spiro atoms. The van der Waals surface area contributed by atoms with E-state index in [1.807, 2.05) is 25.6 Å². The van der Waals surface area contributed by atoms with Gasteiger partial charge in [-0.3, -0.25) is 4.90 Å². The first-order chi connectivity index (χ1) is 12.2. The van der Waals surface area contributed by atoms with Crippen molar-refractivity contribution in [3.05, 3.63) is 60.1 Å². The van der Waals surface area contributed by atoms with Crippen LogP contribution in [0.15, 0.2) is 42.9 Å². The second kappa shape index (κ2) is 6.82. The van der Waals surface area contributed by atoms with E-state index in [0.717, 1.165) is 42.6 Å². The van der Waals surface area contributed by atoms with Crippen LogP contribution in [0.4, 0.5) is 0 Å². The largest absolute Gasteiger partial charge is 0.378 e. The molecule has 0 bridgehead atoms. The third kappa shape index (κ3) is 3.36. The quantitative estimate of drug-likeness (QED) is 0.795. The molecule has 1 aliphatic heterocycles. The molecule has 3 aromatic rings. The van der Waals surface area contributed by atoms with Crippen molar-refractivity contribution in [2.75, 3.05) is 19.8 Å². The van der Waals surface area contributed by atoms with E-state index in [0.29, 0.717) is 6.61 Å². The number of hydrogen-bond donors (Lipinski definition) is 1. The van der Waals surface area contributed by atoms with E-state index in [9.17, 15) is 0 Å². The number of aromatic amines is 1. The number of hydrogen-bond acceptors (Lipinski definition) is 4. The van der Waals surface area contributed by atoms with Gasteiger partial charge in [0.15, 0.2) is 0 Å². The summed E-state index contributed by atoms with van der Waals surface area (Å²) >= 11 is 0. The molecule has 1 N–H and O–H groups in total. The van der Waals surface area contributed by atoms with Crippen LogP contribution in [0.2, 0.25) is 0 Å². The molecule has 0 amide bonds. The fourth-order valence-corrected chi connectivity index (χ4v) is 3.20. The zero-order chi connectivity index (χ0) is 17.2. The normalized spacial score (nSPS) is 18.6. The molecule has 1 atom stereocenters. The van der Waals surface area contributed by atoms with E-state index in [-0.39, 0.29) is 6.04 Å². The van der Waals surface area contributed by atoms with Gasteiger partial charge in [-0.15, -0.1) is 0 Å². The van der Waals surface area contributed by atoms with Crippen molar-refractivity contribution < 1.29 is 4.74 Å². The number of aryl methyl sites for hydroxylation is 2. The average molecular weight is 337 g/mol. The molecule has 6 heteroatoms. The Kier molecular flexibility index (Phi) is 4.38. The summed E-state index contributed by atoms with van der Waals surface area (Å²) in [4.78, 5) is 14.9. The van der Waals surface area contributed by atoms with Gasteiger partial charge in [0.05, 0.1) is 37.7 Å². The maximum Gasteiger partial charge on any atom is 0.126 e. The number of rotatable bonds is 4. The highest BCUT2D eigenvalue weighted by Gasteiger charge is 2.28. The molecule has 4 rings (SSSR count). The average Bonchev–Trinajstić information content (AvgIpc) is 3.26. The van der Waals surface area contributed by atoms with Gasteiger partial charge in [-0.05, 0) is 12.5 Å². The summed E-state index contributed by atoms with van der Waals surface area (Å²) in [6.45, 7) is 5.14.